The Bertz CT molecular complexity index is 496. The highest BCUT2D eigenvalue weighted by Gasteiger charge is 2.10. The molecule has 0 spiro atoms. The predicted octanol–water partition coefficient (Wildman–Crippen LogP) is 1.95. The van der Waals surface area contributed by atoms with Crippen molar-refractivity contribution in [3.05, 3.63) is 35.9 Å². The van der Waals surface area contributed by atoms with Gasteiger partial charge in [0.1, 0.15) is 0 Å². The molecule has 1 aliphatic rings. The van der Waals surface area contributed by atoms with Gasteiger partial charge in [-0.1, -0.05) is 37.3 Å². The molecule has 1 heterocycles. The van der Waals surface area contributed by atoms with Crippen molar-refractivity contribution in [3.8, 4) is 0 Å². The molecule has 0 aliphatic carbocycles. The molecule has 1 saturated heterocycles. The summed E-state index contributed by atoms with van der Waals surface area (Å²) in [4.78, 5) is 6.69. The molecule has 1 aromatic carbocycles. The second-order valence-electron chi connectivity index (χ2n) is 6.44. The van der Waals surface area contributed by atoms with Crippen LogP contribution >= 0.6 is 24.0 Å². The number of nitrogens with zero attached hydrogens (tertiary/aromatic N) is 2. The minimum Gasteiger partial charge on any atom is -0.379 e. The summed E-state index contributed by atoms with van der Waals surface area (Å²) in [5.41, 5.74) is 1.21. The number of morpholine rings is 1. The molecule has 7 heteroatoms. The molecule has 0 amide bonds. The van der Waals surface area contributed by atoms with Crippen LogP contribution in [0.5, 0.6) is 0 Å². The van der Waals surface area contributed by atoms with Crippen LogP contribution < -0.4 is 10.6 Å². The lowest BCUT2D eigenvalue weighted by Crippen LogP contribution is -2.45. The molecule has 1 unspecified atom stereocenters. The molecule has 26 heavy (non-hydrogen) atoms. The molecule has 6 nitrogen and oxygen atoms in total. The first-order valence-electron chi connectivity index (χ1n) is 9.14. The number of ether oxygens (including phenoxy) is 2. The maximum Gasteiger partial charge on any atom is 0.191 e. The van der Waals surface area contributed by atoms with Crippen molar-refractivity contribution < 1.29 is 9.47 Å². The Morgan fingerprint density at radius 3 is 2.65 bits per heavy atom. The predicted molar refractivity (Wildman–Crippen MR) is 117 cm³/mol. The molecule has 1 aliphatic heterocycles. The van der Waals surface area contributed by atoms with E-state index >= 15 is 0 Å². The normalized spacial score (nSPS) is 16.6. The molecular formula is C19H33IN4O2. The van der Waals surface area contributed by atoms with Gasteiger partial charge in [0.2, 0.25) is 0 Å². The van der Waals surface area contributed by atoms with E-state index in [0.717, 1.165) is 58.5 Å². The second-order valence-corrected chi connectivity index (χ2v) is 6.44. The van der Waals surface area contributed by atoms with Crippen LogP contribution in [-0.2, 0) is 16.1 Å². The number of benzene rings is 1. The SMILES string of the molecule is CN=C(NCCN1CCOCC1)NCC(C)COCc1ccccc1.I. The highest BCUT2D eigenvalue weighted by Crippen LogP contribution is 2.02. The van der Waals surface area contributed by atoms with Crippen LogP contribution in [0.1, 0.15) is 12.5 Å². The van der Waals surface area contributed by atoms with E-state index in [1.165, 1.54) is 5.56 Å². The van der Waals surface area contributed by atoms with Crippen molar-refractivity contribution in [3.63, 3.8) is 0 Å². The fourth-order valence-electron chi connectivity index (χ4n) is 2.66. The van der Waals surface area contributed by atoms with Crippen molar-refractivity contribution >= 4 is 29.9 Å². The van der Waals surface area contributed by atoms with E-state index in [1.807, 2.05) is 18.2 Å². The highest BCUT2D eigenvalue weighted by molar-refractivity contribution is 14.0. The first kappa shape index (κ1) is 23.1. The first-order chi connectivity index (χ1) is 12.3. The average Bonchev–Trinajstić information content (AvgIpc) is 2.66. The van der Waals surface area contributed by atoms with E-state index in [4.69, 9.17) is 9.47 Å². The molecule has 2 rings (SSSR count). The molecule has 148 valence electrons. The molecule has 0 aromatic heterocycles. The number of rotatable bonds is 9. The fraction of sp³-hybridized carbons (Fsp3) is 0.632. The summed E-state index contributed by atoms with van der Waals surface area (Å²) in [6.07, 6.45) is 0. The number of nitrogens with one attached hydrogen (secondary N) is 2. The van der Waals surface area contributed by atoms with Gasteiger partial charge in [-0.25, -0.2) is 0 Å². The summed E-state index contributed by atoms with van der Waals surface area (Å²) < 4.78 is 11.2. The smallest absolute Gasteiger partial charge is 0.191 e. The lowest BCUT2D eigenvalue weighted by atomic mass is 10.2. The van der Waals surface area contributed by atoms with Crippen LogP contribution in [0.15, 0.2) is 35.3 Å². The van der Waals surface area contributed by atoms with Crippen LogP contribution in [-0.4, -0.2) is 70.5 Å². The Balaban J connectivity index is 0.00000338. The Morgan fingerprint density at radius 2 is 1.96 bits per heavy atom. The van der Waals surface area contributed by atoms with Gasteiger partial charge in [0, 0.05) is 39.8 Å². The summed E-state index contributed by atoms with van der Waals surface area (Å²) in [7, 11) is 1.81. The molecule has 0 saturated carbocycles. The van der Waals surface area contributed by atoms with Gasteiger partial charge >= 0.3 is 0 Å². The van der Waals surface area contributed by atoms with Gasteiger partial charge in [0.25, 0.3) is 0 Å². The zero-order valence-corrected chi connectivity index (χ0v) is 18.3. The maximum absolute atomic E-state index is 5.79. The van der Waals surface area contributed by atoms with Gasteiger partial charge in [0.15, 0.2) is 5.96 Å². The fourth-order valence-corrected chi connectivity index (χ4v) is 2.66. The van der Waals surface area contributed by atoms with Crippen LogP contribution in [0.4, 0.5) is 0 Å². The van der Waals surface area contributed by atoms with Gasteiger partial charge in [-0.3, -0.25) is 9.89 Å². The monoisotopic (exact) mass is 476 g/mol. The van der Waals surface area contributed by atoms with Gasteiger partial charge in [0.05, 0.1) is 26.4 Å². The summed E-state index contributed by atoms with van der Waals surface area (Å²) >= 11 is 0. The number of hydrogen-bond acceptors (Lipinski definition) is 4. The standard InChI is InChI=1S/C19H32N4O2.HI/c1-17(15-25-16-18-6-4-3-5-7-18)14-22-19(20-2)21-8-9-23-10-12-24-13-11-23;/h3-7,17H,8-16H2,1-2H3,(H2,20,21,22);1H. The Kier molecular flexibility index (Phi) is 12.6. The molecule has 1 atom stereocenters. The zero-order chi connectivity index (χ0) is 17.7. The van der Waals surface area contributed by atoms with Crippen LogP contribution in [0.25, 0.3) is 0 Å². The maximum atomic E-state index is 5.79. The van der Waals surface area contributed by atoms with Gasteiger partial charge < -0.3 is 20.1 Å². The van der Waals surface area contributed by atoms with E-state index in [0.29, 0.717) is 12.5 Å². The van der Waals surface area contributed by atoms with Gasteiger partial charge in [-0.2, -0.15) is 0 Å². The summed E-state index contributed by atoms with van der Waals surface area (Å²) in [5.74, 6) is 1.27. The van der Waals surface area contributed by atoms with Crippen molar-refractivity contribution in [2.45, 2.75) is 13.5 Å². The average molecular weight is 476 g/mol. The van der Waals surface area contributed by atoms with Crippen molar-refractivity contribution in [1.29, 1.82) is 0 Å². The molecule has 0 radical (unpaired) electrons. The minimum absolute atomic E-state index is 0. The van der Waals surface area contributed by atoms with Gasteiger partial charge in [-0.15, -0.1) is 24.0 Å². The Morgan fingerprint density at radius 1 is 1.23 bits per heavy atom. The third kappa shape index (κ3) is 9.70. The van der Waals surface area contributed by atoms with Crippen molar-refractivity contribution in [2.24, 2.45) is 10.9 Å². The van der Waals surface area contributed by atoms with E-state index in [-0.39, 0.29) is 24.0 Å². The summed E-state index contributed by atoms with van der Waals surface area (Å²) in [6.45, 7) is 10.0. The molecule has 0 bridgehead atoms. The zero-order valence-electron chi connectivity index (χ0n) is 15.9. The third-order valence-electron chi connectivity index (χ3n) is 4.18. The molecular weight excluding hydrogens is 443 g/mol. The molecule has 1 fully saturated rings. The van der Waals surface area contributed by atoms with E-state index < -0.39 is 0 Å². The largest absolute Gasteiger partial charge is 0.379 e. The number of hydrogen-bond donors (Lipinski definition) is 2. The second kappa shape index (κ2) is 14.2. The lowest BCUT2D eigenvalue weighted by molar-refractivity contribution is 0.0389. The quantitative estimate of drug-likeness (QED) is 0.324. The third-order valence-corrected chi connectivity index (χ3v) is 4.18. The Hall–Kier alpha value is -0.900. The van der Waals surface area contributed by atoms with E-state index in [9.17, 15) is 0 Å². The van der Waals surface area contributed by atoms with Gasteiger partial charge in [-0.05, 0) is 11.5 Å². The molecule has 2 N–H and O–H groups in total. The first-order valence-corrected chi connectivity index (χ1v) is 9.14. The number of halogens is 1. The van der Waals surface area contributed by atoms with Crippen LogP contribution in [0.2, 0.25) is 0 Å². The topological polar surface area (TPSA) is 58.1 Å². The van der Waals surface area contributed by atoms with Crippen molar-refractivity contribution in [2.75, 3.05) is 59.6 Å². The van der Waals surface area contributed by atoms with Crippen molar-refractivity contribution in [1.82, 2.24) is 15.5 Å². The van der Waals surface area contributed by atoms with Crippen LogP contribution in [0.3, 0.4) is 0 Å². The number of guanidine groups is 1. The number of aliphatic imine (C=N–C) groups is 1. The van der Waals surface area contributed by atoms with E-state index in [1.54, 1.807) is 7.05 Å². The van der Waals surface area contributed by atoms with Crippen LogP contribution in [0, 0.1) is 5.92 Å². The highest BCUT2D eigenvalue weighted by atomic mass is 127. The molecule has 1 aromatic rings. The minimum atomic E-state index is 0. The summed E-state index contributed by atoms with van der Waals surface area (Å²) in [6, 6.07) is 10.3. The lowest BCUT2D eigenvalue weighted by Gasteiger charge is -2.26. The van der Waals surface area contributed by atoms with E-state index in [2.05, 4.69) is 39.6 Å². The summed E-state index contributed by atoms with van der Waals surface area (Å²) in [5, 5.41) is 6.74. The Labute approximate surface area is 174 Å².